The molecule has 9 heteroatoms. The highest BCUT2D eigenvalue weighted by Gasteiger charge is 2.30. The van der Waals surface area contributed by atoms with E-state index in [1.54, 1.807) is 0 Å². The smallest absolute Gasteiger partial charge is 0.406 e. The average molecular weight is 397 g/mol. The number of amides is 2. The zero-order valence-corrected chi connectivity index (χ0v) is 15.4. The van der Waals surface area contributed by atoms with Crippen LogP contribution in [0.5, 0.6) is 5.75 Å². The van der Waals surface area contributed by atoms with Gasteiger partial charge in [-0.15, -0.1) is 24.9 Å². The molecule has 2 rings (SSSR count). The van der Waals surface area contributed by atoms with Crippen LogP contribution in [0.1, 0.15) is 19.4 Å². The predicted molar refractivity (Wildman–Crippen MR) is 101 cm³/mol. The highest BCUT2D eigenvalue weighted by atomic mass is 32.2. The quantitative estimate of drug-likeness (QED) is 0.414. The van der Waals surface area contributed by atoms with Crippen molar-refractivity contribution in [2.75, 3.05) is 5.32 Å². The molecular weight excluding hydrogens is 379 g/mol. The molecule has 2 N–H and O–H groups in total. The van der Waals surface area contributed by atoms with Gasteiger partial charge in [-0.3, -0.25) is 0 Å². The predicted octanol–water partition coefficient (Wildman–Crippen LogP) is 5.21. The lowest BCUT2D eigenvalue weighted by molar-refractivity contribution is -0.274. The molecule has 0 radical (unpaired) electrons. The fourth-order valence-corrected chi connectivity index (χ4v) is 2.78. The molecule has 27 heavy (non-hydrogen) atoms. The Bertz CT molecular complexity index is 779. The molecule has 144 valence electrons. The first-order valence-corrected chi connectivity index (χ1v) is 8.83. The fraction of sp³-hybridized carbons (Fsp3) is 0.222. The molecule has 0 unspecified atom stereocenters. The molecule has 2 aromatic carbocycles. The van der Waals surface area contributed by atoms with Crippen LogP contribution in [-0.2, 0) is 0 Å². The number of nitrogens with zero attached hydrogens (tertiary/aromatic N) is 1. The number of urea groups is 1. The number of halogens is 3. The molecule has 2 amide bonds. The summed E-state index contributed by atoms with van der Waals surface area (Å²) in [6.07, 6.45) is -4.76. The van der Waals surface area contributed by atoms with Gasteiger partial charge in [-0.05, 0) is 24.3 Å². The topological polar surface area (TPSA) is 62.7 Å². The second kappa shape index (κ2) is 9.31. The van der Waals surface area contributed by atoms with Crippen LogP contribution >= 0.6 is 11.8 Å². The molecule has 0 saturated heterocycles. The number of ether oxygens (including phenoxy) is 1. The number of hydrogen-bond acceptors (Lipinski definition) is 4. The van der Waals surface area contributed by atoms with Crippen molar-refractivity contribution in [2.24, 2.45) is 5.10 Å². The molecule has 0 bridgehead atoms. The molecule has 0 aromatic heterocycles. The molecule has 0 aliphatic carbocycles. The zero-order valence-electron chi connectivity index (χ0n) is 14.6. The lowest BCUT2D eigenvalue weighted by atomic mass is 10.2. The van der Waals surface area contributed by atoms with E-state index in [4.69, 9.17) is 0 Å². The van der Waals surface area contributed by atoms with Crippen LogP contribution in [0.4, 0.5) is 23.7 Å². The maximum Gasteiger partial charge on any atom is 0.573 e. The third-order valence-electron chi connectivity index (χ3n) is 2.97. The Morgan fingerprint density at radius 1 is 1.07 bits per heavy atom. The van der Waals surface area contributed by atoms with E-state index in [-0.39, 0.29) is 11.0 Å². The summed E-state index contributed by atoms with van der Waals surface area (Å²) in [6, 6.07) is 13.6. The van der Waals surface area contributed by atoms with Gasteiger partial charge in [0.2, 0.25) is 0 Å². The third-order valence-corrected chi connectivity index (χ3v) is 3.99. The van der Waals surface area contributed by atoms with E-state index >= 15 is 0 Å². The number of rotatable bonds is 5. The molecule has 0 saturated carbocycles. The van der Waals surface area contributed by atoms with Gasteiger partial charge in [0.15, 0.2) is 0 Å². The summed E-state index contributed by atoms with van der Waals surface area (Å²) in [7, 11) is 0. The van der Waals surface area contributed by atoms with Crippen molar-refractivity contribution in [1.29, 1.82) is 0 Å². The van der Waals surface area contributed by atoms with Gasteiger partial charge >= 0.3 is 12.4 Å². The van der Waals surface area contributed by atoms with Gasteiger partial charge < -0.3 is 10.1 Å². The maximum atomic E-state index is 12.1. The van der Waals surface area contributed by atoms with Crippen LogP contribution < -0.4 is 15.5 Å². The first-order valence-electron chi connectivity index (χ1n) is 7.95. The van der Waals surface area contributed by atoms with Crippen molar-refractivity contribution in [3.63, 3.8) is 0 Å². The maximum absolute atomic E-state index is 12.1. The van der Waals surface area contributed by atoms with Crippen molar-refractivity contribution in [2.45, 2.75) is 25.5 Å². The number of carbonyl (C=O) groups excluding carboxylic acids is 1. The standard InChI is InChI=1S/C18H18F3N3O2S/c1-12(2)27-16(13-6-4-3-5-7-13)23-24-17(25)22-14-8-10-15(11-9-14)26-18(19,20)21/h3-12H,1-2H3,(H2,22,24,25). The van der Waals surface area contributed by atoms with Gasteiger partial charge in [-0.25, -0.2) is 10.2 Å². The molecule has 0 spiro atoms. The van der Waals surface area contributed by atoms with Crippen molar-refractivity contribution in [3.8, 4) is 5.75 Å². The Kier molecular flexibility index (Phi) is 7.12. The monoisotopic (exact) mass is 397 g/mol. The number of hydrogen-bond donors (Lipinski definition) is 2. The van der Waals surface area contributed by atoms with Crippen molar-refractivity contribution >= 4 is 28.5 Å². The molecule has 5 nitrogen and oxygen atoms in total. The van der Waals surface area contributed by atoms with Gasteiger partial charge in [0.05, 0.1) is 0 Å². The number of thioether (sulfide) groups is 1. The van der Waals surface area contributed by atoms with Crippen molar-refractivity contribution in [3.05, 3.63) is 60.2 Å². The molecule has 0 heterocycles. The molecule has 0 aliphatic heterocycles. The third kappa shape index (κ3) is 7.61. The van der Waals surface area contributed by atoms with Gasteiger partial charge in [0.1, 0.15) is 10.8 Å². The second-order valence-corrected chi connectivity index (χ2v) is 7.15. The van der Waals surface area contributed by atoms with Gasteiger partial charge in [-0.1, -0.05) is 44.2 Å². The Labute approximate surface area is 159 Å². The Hall–Kier alpha value is -2.68. The fourth-order valence-electron chi connectivity index (χ4n) is 1.96. The number of alkyl halides is 3. The highest BCUT2D eigenvalue weighted by Crippen LogP contribution is 2.24. The number of benzene rings is 2. The summed E-state index contributed by atoms with van der Waals surface area (Å²) in [4.78, 5) is 12.0. The van der Waals surface area contributed by atoms with Gasteiger partial charge in [-0.2, -0.15) is 5.10 Å². The lowest BCUT2D eigenvalue weighted by Gasteiger charge is -2.11. The van der Waals surface area contributed by atoms with Crippen LogP contribution in [0.2, 0.25) is 0 Å². The van der Waals surface area contributed by atoms with Crippen LogP contribution in [0.15, 0.2) is 59.7 Å². The number of carbonyl (C=O) groups is 1. The van der Waals surface area contributed by atoms with Gasteiger partial charge in [0, 0.05) is 16.5 Å². The molecule has 0 fully saturated rings. The first kappa shape index (κ1) is 20.6. The summed E-state index contributed by atoms with van der Waals surface area (Å²) in [5, 5.41) is 7.54. The van der Waals surface area contributed by atoms with E-state index in [0.29, 0.717) is 10.7 Å². The highest BCUT2D eigenvalue weighted by molar-refractivity contribution is 8.14. The first-order chi connectivity index (χ1) is 12.7. The van der Waals surface area contributed by atoms with Crippen LogP contribution in [0, 0.1) is 0 Å². The van der Waals surface area contributed by atoms with Gasteiger partial charge in [0.25, 0.3) is 0 Å². The van der Waals surface area contributed by atoms with E-state index in [1.807, 2.05) is 44.2 Å². The normalized spacial score (nSPS) is 12.0. The van der Waals surface area contributed by atoms with Crippen molar-refractivity contribution < 1.29 is 22.7 Å². The Balaban J connectivity index is 1.99. The van der Waals surface area contributed by atoms with Crippen molar-refractivity contribution in [1.82, 2.24) is 5.43 Å². The summed E-state index contributed by atoms with van der Waals surface area (Å²) in [6.45, 7) is 4.02. The molecular formula is C18H18F3N3O2S. The van der Waals surface area contributed by atoms with E-state index in [1.165, 1.54) is 23.9 Å². The summed E-state index contributed by atoms with van der Waals surface area (Å²) < 4.78 is 40.2. The van der Waals surface area contributed by atoms with E-state index < -0.39 is 12.4 Å². The Morgan fingerprint density at radius 2 is 1.70 bits per heavy atom. The minimum absolute atomic E-state index is 0.259. The summed E-state index contributed by atoms with van der Waals surface area (Å²) in [5.41, 5.74) is 3.56. The molecule has 0 atom stereocenters. The zero-order chi connectivity index (χ0) is 19.9. The van der Waals surface area contributed by atoms with Crippen LogP contribution in [-0.4, -0.2) is 22.7 Å². The minimum atomic E-state index is -4.76. The van der Waals surface area contributed by atoms with Crippen LogP contribution in [0.3, 0.4) is 0 Å². The summed E-state index contributed by atoms with van der Waals surface area (Å²) >= 11 is 1.49. The number of hydrazone groups is 1. The van der Waals surface area contributed by atoms with E-state index in [0.717, 1.165) is 17.7 Å². The Morgan fingerprint density at radius 3 is 2.26 bits per heavy atom. The SMILES string of the molecule is CC(C)SC(=NNC(=O)Nc1ccc(OC(F)(F)F)cc1)c1ccccc1. The second-order valence-electron chi connectivity index (χ2n) is 5.59. The lowest BCUT2D eigenvalue weighted by Crippen LogP contribution is -2.25. The summed E-state index contributed by atoms with van der Waals surface area (Å²) in [5.74, 6) is -0.369. The average Bonchev–Trinajstić information content (AvgIpc) is 2.59. The van der Waals surface area contributed by atoms with E-state index in [2.05, 4.69) is 20.6 Å². The van der Waals surface area contributed by atoms with E-state index in [9.17, 15) is 18.0 Å². The minimum Gasteiger partial charge on any atom is -0.406 e. The molecule has 0 aliphatic rings. The number of anilines is 1. The number of nitrogens with one attached hydrogen (secondary N) is 2. The molecule has 2 aromatic rings. The van der Waals surface area contributed by atoms with Crippen LogP contribution in [0.25, 0.3) is 0 Å². The largest absolute Gasteiger partial charge is 0.573 e.